The highest BCUT2D eigenvalue weighted by Gasteiger charge is 2.24. The minimum Gasteiger partial charge on any atom is -0.310 e. The molecule has 2 rings (SSSR count). The molecule has 1 aromatic rings. The zero-order chi connectivity index (χ0) is 13.9. The molecule has 0 atom stereocenters. The van der Waals surface area contributed by atoms with Crippen molar-refractivity contribution in [3.05, 3.63) is 34.3 Å². The van der Waals surface area contributed by atoms with Crippen molar-refractivity contribution in [2.75, 3.05) is 19.3 Å². The van der Waals surface area contributed by atoms with Gasteiger partial charge in [-0.3, -0.25) is 0 Å². The van der Waals surface area contributed by atoms with Crippen LogP contribution >= 0.6 is 15.9 Å². The van der Waals surface area contributed by atoms with Crippen LogP contribution in [0.3, 0.4) is 0 Å². The predicted molar refractivity (Wildman–Crippen MR) is 80.4 cm³/mol. The normalized spacial score (nSPS) is 18.6. The molecule has 0 unspecified atom stereocenters. The zero-order valence-electron chi connectivity index (χ0n) is 11.0. The molecule has 1 aliphatic rings. The molecular weight excluding hydrogens is 328 g/mol. The van der Waals surface area contributed by atoms with Crippen LogP contribution in [0.1, 0.15) is 18.4 Å². The molecule has 0 aliphatic carbocycles. The van der Waals surface area contributed by atoms with Gasteiger partial charge in [0, 0.05) is 30.1 Å². The van der Waals surface area contributed by atoms with Crippen LogP contribution in [0.5, 0.6) is 0 Å². The fourth-order valence-electron chi connectivity index (χ4n) is 2.30. The summed E-state index contributed by atoms with van der Waals surface area (Å²) in [6.07, 6.45) is 3.03. The van der Waals surface area contributed by atoms with Crippen LogP contribution in [-0.4, -0.2) is 38.1 Å². The van der Waals surface area contributed by atoms with Crippen LogP contribution in [0.4, 0.5) is 0 Å². The average molecular weight is 347 g/mol. The van der Waals surface area contributed by atoms with E-state index < -0.39 is 10.0 Å². The van der Waals surface area contributed by atoms with Gasteiger partial charge in [0.25, 0.3) is 0 Å². The Hall–Kier alpha value is -0.430. The third-order valence-electron chi connectivity index (χ3n) is 3.41. The molecule has 0 aromatic heterocycles. The topological polar surface area (TPSA) is 49.4 Å². The van der Waals surface area contributed by atoms with E-state index >= 15 is 0 Å². The van der Waals surface area contributed by atoms with Gasteiger partial charge in [0.05, 0.1) is 6.26 Å². The molecule has 19 heavy (non-hydrogen) atoms. The Kier molecular flexibility index (Phi) is 5.00. The van der Waals surface area contributed by atoms with E-state index in [-0.39, 0.29) is 0 Å². The second kappa shape index (κ2) is 6.35. The molecule has 1 heterocycles. The maximum atomic E-state index is 11.4. The predicted octanol–water partition coefficient (Wildman–Crippen LogP) is 1.96. The monoisotopic (exact) mass is 346 g/mol. The van der Waals surface area contributed by atoms with Gasteiger partial charge >= 0.3 is 0 Å². The highest BCUT2D eigenvalue weighted by atomic mass is 79.9. The molecule has 0 saturated carbocycles. The van der Waals surface area contributed by atoms with Gasteiger partial charge < -0.3 is 5.32 Å². The summed E-state index contributed by atoms with van der Waals surface area (Å²) < 4.78 is 25.5. The lowest BCUT2D eigenvalue weighted by molar-refractivity contribution is 0.290. The molecule has 6 heteroatoms. The molecule has 1 N–H and O–H groups in total. The number of nitrogens with zero attached hydrogens (tertiary/aromatic N) is 1. The summed E-state index contributed by atoms with van der Waals surface area (Å²) >= 11 is 3.46. The smallest absolute Gasteiger partial charge is 0.211 e. The van der Waals surface area contributed by atoms with Crippen LogP contribution in [0.15, 0.2) is 28.7 Å². The van der Waals surface area contributed by atoms with Crippen molar-refractivity contribution in [2.24, 2.45) is 0 Å². The SMILES string of the molecule is CS(=O)(=O)N1CCC(NCc2cccc(Br)c2)CC1. The molecule has 0 bridgehead atoms. The van der Waals surface area contributed by atoms with E-state index in [1.54, 1.807) is 4.31 Å². The maximum Gasteiger partial charge on any atom is 0.211 e. The van der Waals surface area contributed by atoms with E-state index in [0.29, 0.717) is 19.1 Å². The van der Waals surface area contributed by atoms with Gasteiger partial charge in [-0.05, 0) is 30.5 Å². The number of rotatable bonds is 4. The summed E-state index contributed by atoms with van der Waals surface area (Å²) in [7, 11) is -3.02. The van der Waals surface area contributed by atoms with E-state index in [2.05, 4.69) is 33.4 Å². The standard InChI is InChI=1S/C13H19BrN2O2S/c1-19(17,18)16-7-5-13(6-8-16)15-10-11-3-2-4-12(14)9-11/h2-4,9,13,15H,5-8,10H2,1H3. The Morgan fingerprint density at radius 1 is 1.37 bits per heavy atom. The van der Waals surface area contributed by atoms with Gasteiger partial charge in [0.1, 0.15) is 0 Å². The van der Waals surface area contributed by atoms with Crippen molar-refractivity contribution in [1.82, 2.24) is 9.62 Å². The summed E-state index contributed by atoms with van der Waals surface area (Å²) in [5.41, 5.74) is 1.24. The van der Waals surface area contributed by atoms with Crippen molar-refractivity contribution < 1.29 is 8.42 Å². The second-order valence-corrected chi connectivity index (χ2v) is 7.85. The van der Waals surface area contributed by atoms with Gasteiger partial charge in [-0.2, -0.15) is 0 Å². The van der Waals surface area contributed by atoms with E-state index in [9.17, 15) is 8.42 Å². The minimum atomic E-state index is -3.02. The molecule has 0 radical (unpaired) electrons. The molecule has 4 nitrogen and oxygen atoms in total. The van der Waals surface area contributed by atoms with E-state index in [4.69, 9.17) is 0 Å². The van der Waals surface area contributed by atoms with Gasteiger partial charge in [0.15, 0.2) is 0 Å². The highest BCUT2D eigenvalue weighted by molar-refractivity contribution is 9.10. The van der Waals surface area contributed by atoms with Crippen LogP contribution in [0, 0.1) is 0 Å². The number of sulfonamides is 1. The first-order valence-electron chi connectivity index (χ1n) is 6.38. The first-order chi connectivity index (χ1) is 8.95. The molecular formula is C13H19BrN2O2S. The van der Waals surface area contributed by atoms with Gasteiger partial charge in [-0.1, -0.05) is 28.1 Å². The van der Waals surface area contributed by atoms with Crippen molar-refractivity contribution in [3.8, 4) is 0 Å². The number of nitrogens with one attached hydrogen (secondary N) is 1. The van der Waals surface area contributed by atoms with Crippen LogP contribution in [-0.2, 0) is 16.6 Å². The van der Waals surface area contributed by atoms with Crippen LogP contribution < -0.4 is 5.32 Å². The van der Waals surface area contributed by atoms with Crippen molar-refractivity contribution in [3.63, 3.8) is 0 Å². The first kappa shape index (κ1) is 15.0. The summed E-state index contributed by atoms with van der Waals surface area (Å²) in [6, 6.07) is 8.61. The summed E-state index contributed by atoms with van der Waals surface area (Å²) in [5, 5.41) is 3.49. The average Bonchev–Trinajstić information content (AvgIpc) is 2.36. The number of hydrogen-bond acceptors (Lipinski definition) is 3. The third-order valence-corrected chi connectivity index (χ3v) is 5.20. The molecule has 1 fully saturated rings. The fourth-order valence-corrected chi connectivity index (χ4v) is 3.62. The van der Waals surface area contributed by atoms with Gasteiger partial charge in [-0.25, -0.2) is 12.7 Å². The van der Waals surface area contributed by atoms with E-state index in [0.717, 1.165) is 23.9 Å². The lowest BCUT2D eigenvalue weighted by Crippen LogP contribution is -2.44. The Labute approximate surface area is 123 Å². The van der Waals surface area contributed by atoms with Crippen molar-refractivity contribution in [1.29, 1.82) is 0 Å². The van der Waals surface area contributed by atoms with E-state index in [1.165, 1.54) is 11.8 Å². The highest BCUT2D eigenvalue weighted by Crippen LogP contribution is 2.15. The minimum absolute atomic E-state index is 0.400. The molecule has 106 valence electrons. The lowest BCUT2D eigenvalue weighted by Gasteiger charge is -2.30. The Morgan fingerprint density at radius 2 is 2.05 bits per heavy atom. The van der Waals surface area contributed by atoms with Crippen LogP contribution in [0.2, 0.25) is 0 Å². The quantitative estimate of drug-likeness (QED) is 0.906. The zero-order valence-corrected chi connectivity index (χ0v) is 13.4. The first-order valence-corrected chi connectivity index (χ1v) is 9.02. The van der Waals surface area contributed by atoms with Gasteiger partial charge in [0.2, 0.25) is 10.0 Å². The molecule has 0 spiro atoms. The maximum absolute atomic E-state index is 11.4. The molecule has 0 amide bonds. The molecule has 1 saturated heterocycles. The van der Waals surface area contributed by atoms with Crippen molar-refractivity contribution >= 4 is 26.0 Å². The Morgan fingerprint density at radius 3 is 2.63 bits per heavy atom. The second-order valence-electron chi connectivity index (χ2n) is 4.95. The van der Waals surface area contributed by atoms with Crippen molar-refractivity contribution in [2.45, 2.75) is 25.4 Å². The van der Waals surface area contributed by atoms with Gasteiger partial charge in [-0.15, -0.1) is 0 Å². The summed E-state index contributed by atoms with van der Waals surface area (Å²) in [4.78, 5) is 0. The van der Waals surface area contributed by atoms with E-state index in [1.807, 2.05) is 12.1 Å². The Bertz CT molecular complexity index is 525. The number of hydrogen-bond donors (Lipinski definition) is 1. The lowest BCUT2D eigenvalue weighted by atomic mass is 10.1. The molecule has 1 aromatic carbocycles. The summed E-state index contributed by atoms with van der Waals surface area (Å²) in [6.45, 7) is 2.06. The largest absolute Gasteiger partial charge is 0.310 e. The summed E-state index contributed by atoms with van der Waals surface area (Å²) in [5.74, 6) is 0. The molecule has 1 aliphatic heterocycles. The van der Waals surface area contributed by atoms with Crippen LogP contribution in [0.25, 0.3) is 0 Å². The number of piperidine rings is 1. The third kappa shape index (κ3) is 4.56. The Balaban J connectivity index is 1.80. The number of halogens is 1. The fraction of sp³-hybridized carbons (Fsp3) is 0.538. The number of benzene rings is 1.